The first-order chi connectivity index (χ1) is 7.43. The average molecular weight is 293 g/mol. The van der Waals surface area contributed by atoms with Crippen molar-refractivity contribution in [1.82, 2.24) is 0 Å². The summed E-state index contributed by atoms with van der Waals surface area (Å²) in [5.41, 5.74) is -0.274. The summed E-state index contributed by atoms with van der Waals surface area (Å²) in [6.07, 6.45) is -0.0894. The molecule has 1 aromatic carbocycles. The Morgan fingerprint density at radius 2 is 2.12 bits per heavy atom. The minimum absolute atomic E-state index is 0.0806. The quantitative estimate of drug-likeness (QED) is 0.621. The number of ether oxygens (including phenoxy) is 2. The van der Waals surface area contributed by atoms with Crippen LogP contribution in [0.15, 0.2) is 18.2 Å². The Hall–Kier alpha value is -1.01. The van der Waals surface area contributed by atoms with Gasteiger partial charge in [-0.25, -0.2) is 0 Å². The van der Waals surface area contributed by atoms with Gasteiger partial charge in [-0.2, -0.15) is 8.78 Å². The number of halogens is 3. The first-order valence-electron chi connectivity index (χ1n) is 4.35. The van der Waals surface area contributed by atoms with E-state index in [0.29, 0.717) is 5.75 Å². The van der Waals surface area contributed by atoms with Gasteiger partial charge in [-0.15, -0.1) is 0 Å². The molecule has 0 fully saturated rings. The highest BCUT2D eigenvalue weighted by Crippen LogP contribution is 2.52. The van der Waals surface area contributed by atoms with Gasteiger partial charge in [0, 0.05) is 11.1 Å². The number of aldehydes is 1. The third-order valence-electron chi connectivity index (χ3n) is 2.34. The van der Waals surface area contributed by atoms with E-state index < -0.39 is 10.6 Å². The SMILES string of the molecule is COc1ccc2c(c1)C(F)(C=O)OC2(F)Br. The highest BCUT2D eigenvalue weighted by atomic mass is 79.9. The van der Waals surface area contributed by atoms with E-state index in [1.54, 1.807) is 0 Å². The van der Waals surface area contributed by atoms with Crippen LogP contribution in [0.4, 0.5) is 8.78 Å². The number of fused-ring (bicyclic) bond motifs is 1. The van der Waals surface area contributed by atoms with Crippen LogP contribution in [0.3, 0.4) is 0 Å². The first kappa shape index (κ1) is 11.5. The molecule has 2 rings (SSSR count). The Labute approximate surface area is 98.5 Å². The fourth-order valence-corrected chi connectivity index (χ4v) is 2.15. The molecule has 0 N–H and O–H groups in total. The van der Waals surface area contributed by atoms with Crippen LogP contribution in [0, 0.1) is 0 Å². The van der Waals surface area contributed by atoms with E-state index in [0.717, 1.165) is 0 Å². The Morgan fingerprint density at radius 3 is 2.69 bits per heavy atom. The van der Waals surface area contributed by atoms with Crippen LogP contribution >= 0.6 is 15.9 Å². The summed E-state index contributed by atoms with van der Waals surface area (Å²) < 4.78 is 34.5. The lowest BCUT2D eigenvalue weighted by atomic mass is 10.0. The van der Waals surface area contributed by atoms with Crippen molar-refractivity contribution in [3.63, 3.8) is 0 Å². The Morgan fingerprint density at radius 1 is 1.44 bits per heavy atom. The Balaban J connectivity index is 2.64. The molecule has 1 aliphatic rings. The maximum absolute atomic E-state index is 13.9. The number of carbonyl (C=O) groups excluding carboxylic acids is 1. The molecule has 1 aromatic rings. The monoisotopic (exact) mass is 292 g/mol. The molecule has 1 heterocycles. The summed E-state index contributed by atoms with van der Waals surface area (Å²) in [5, 5.41) is 0. The fraction of sp³-hybridized carbons (Fsp3) is 0.300. The molecule has 2 atom stereocenters. The zero-order chi connectivity index (χ0) is 12.0. The van der Waals surface area contributed by atoms with Crippen molar-refractivity contribution >= 4 is 22.2 Å². The van der Waals surface area contributed by atoms with Gasteiger partial charge in [-0.1, -0.05) is 0 Å². The molecule has 0 aliphatic carbocycles. The van der Waals surface area contributed by atoms with Gasteiger partial charge < -0.3 is 4.74 Å². The van der Waals surface area contributed by atoms with Gasteiger partial charge in [-0.05, 0) is 34.1 Å². The summed E-state index contributed by atoms with van der Waals surface area (Å²) >= 11 is 2.58. The van der Waals surface area contributed by atoms with Crippen LogP contribution in [-0.2, 0) is 20.2 Å². The van der Waals surface area contributed by atoms with Crippen LogP contribution in [0.1, 0.15) is 11.1 Å². The normalized spacial score (nSPS) is 32.2. The topological polar surface area (TPSA) is 35.5 Å². The molecule has 0 saturated heterocycles. The van der Waals surface area contributed by atoms with Crippen molar-refractivity contribution in [2.45, 2.75) is 10.6 Å². The van der Waals surface area contributed by atoms with Gasteiger partial charge in [0.25, 0.3) is 10.6 Å². The van der Waals surface area contributed by atoms with Crippen LogP contribution in [0.25, 0.3) is 0 Å². The Kier molecular flexibility index (Phi) is 2.51. The fourth-order valence-electron chi connectivity index (χ4n) is 1.57. The molecule has 1 aliphatic heterocycles. The van der Waals surface area contributed by atoms with E-state index in [9.17, 15) is 13.6 Å². The third-order valence-corrected chi connectivity index (χ3v) is 2.92. The molecule has 0 radical (unpaired) electrons. The minimum atomic E-state index is -2.79. The van der Waals surface area contributed by atoms with Crippen molar-refractivity contribution in [1.29, 1.82) is 0 Å². The summed E-state index contributed by atoms with van der Waals surface area (Å²) in [7, 11) is 1.38. The number of hydrogen-bond acceptors (Lipinski definition) is 3. The molecule has 0 spiro atoms. The van der Waals surface area contributed by atoms with Gasteiger partial charge in [-0.3, -0.25) is 9.53 Å². The molecule has 86 valence electrons. The second-order valence-electron chi connectivity index (χ2n) is 3.29. The van der Waals surface area contributed by atoms with E-state index in [-0.39, 0.29) is 17.4 Å². The summed E-state index contributed by atoms with van der Waals surface area (Å²) in [4.78, 5) is 10.7. The van der Waals surface area contributed by atoms with Crippen LogP contribution in [0.5, 0.6) is 5.75 Å². The maximum Gasteiger partial charge on any atom is 0.295 e. The van der Waals surface area contributed by atoms with Gasteiger partial charge in [0.2, 0.25) is 0 Å². The lowest BCUT2D eigenvalue weighted by Gasteiger charge is -2.15. The predicted molar refractivity (Wildman–Crippen MR) is 54.6 cm³/mol. The van der Waals surface area contributed by atoms with E-state index in [4.69, 9.17) is 4.74 Å². The van der Waals surface area contributed by atoms with E-state index in [1.165, 1.54) is 25.3 Å². The van der Waals surface area contributed by atoms with Gasteiger partial charge in [0.1, 0.15) is 5.75 Å². The standard InChI is InChI=1S/C10H7BrF2O3/c1-15-6-2-3-7-8(4-6)9(12,5-14)16-10(7,11)13/h2-5H,1H3. The van der Waals surface area contributed by atoms with Crippen molar-refractivity contribution in [2.24, 2.45) is 0 Å². The second-order valence-corrected chi connectivity index (χ2v) is 4.31. The molecule has 16 heavy (non-hydrogen) atoms. The van der Waals surface area contributed by atoms with Gasteiger partial charge >= 0.3 is 0 Å². The number of benzene rings is 1. The summed E-state index contributed by atoms with van der Waals surface area (Å²) in [6.45, 7) is 0. The number of carbonyl (C=O) groups is 1. The highest BCUT2D eigenvalue weighted by Gasteiger charge is 2.54. The molecule has 0 saturated carbocycles. The minimum Gasteiger partial charge on any atom is -0.497 e. The number of rotatable bonds is 2. The highest BCUT2D eigenvalue weighted by molar-refractivity contribution is 9.09. The largest absolute Gasteiger partial charge is 0.497 e. The van der Waals surface area contributed by atoms with E-state index >= 15 is 0 Å². The predicted octanol–water partition coefficient (Wildman–Crippen LogP) is 2.52. The lowest BCUT2D eigenvalue weighted by Crippen LogP contribution is -2.23. The molecular weight excluding hydrogens is 286 g/mol. The summed E-state index contributed by atoms with van der Waals surface area (Å²) in [5.74, 6) is -2.47. The van der Waals surface area contributed by atoms with Crippen molar-refractivity contribution in [3.05, 3.63) is 29.3 Å². The zero-order valence-corrected chi connectivity index (χ0v) is 9.75. The molecule has 0 amide bonds. The third kappa shape index (κ3) is 1.53. The van der Waals surface area contributed by atoms with Gasteiger partial charge in [0.05, 0.1) is 7.11 Å². The average Bonchev–Trinajstić information content (AvgIpc) is 2.47. The van der Waals surface area contributed by atoms with E-state index in [1.807, 2.05) is 0 Å². The molecule has 3 nitrogen and oxygen atoms in total. The van der Waals surface area contributed by atoms with Crippen molar-refractivity contribution in [3.8, 4) is 5.75 Å². The molecule has 0 aromatic heterocycles. The van der Waals surface area contributed by atoms with Crippen LogP contribution in [0.2, 0.25) is 0 Å². The first-order valence-corrected chi connectivity index (χ1v) is 5.14. The molecule has 2 unspecified atom stereocenters. The molecule has 0 bridgehead atoms. The van der Waals surface area contributed by atoms with Crippen molar-refractivity contribution in [2.75, 3.05) is 7.11 Å². The number of methoxy groups -OCH3 is 1. The molecule has 6 heteroatoms. The lowest BCUT2D eigenvalue weighted by molar-refractivity contribution is -0.206. The zero-order valence-electron chi connectivity index (χ0n) is 8.17. The van der Waals surface area contributed by atoms with Crippen LogP contribution < -0.4 is 4.74 Å². The van der Waals surface area contributed by atoms with E-state index in [2.05, 4.69) is 20.7 Å². The molecular formula is C10H7BrF2O3. The summed E-state index contributed by atoms with van der Waals surface area (Å²) in [6, 6.07) is 3.98. The van der Waals surface area contributed by atoms with Crippen molar-refractivity contribution < 1.29 is 23.0 Å². The Bertz CT molecular complexity index is 450. The second kappa shape index (κ2) is 3.49. The maximum atomic E-state index is 13.9. The smallest absolute Gasteiger partial charge is 0.295 e. The van der Waals surface area contributed by atoms with Crippen LogP contribution in [-0.4, -0.2) is 13.4 Å². The number of hydrogen-bond donors (Lipinski definition) is 0. The van der Waals surface area contributed by atoms with Gasteiger partial charge in [0.15, 0.2) is 6.29 Å². The number of alkyl halides is 3.